The maximum Gasteiger partial charge on any atom is 0.161 e. The van der Waals surface area contributed by atoms with Gasteiger partial charge in [-0.05, 0) is 95.0 Å². The van der Waals surface area contributed by atoms with E-state index in [2.05, 4.69) is 208 Å². The lowest BCUT2D eigenvalue weighted by Crippen LogP contribution is -2.14. The molecule has 0 saturated heterocycles. The lowest BCUT2D eigenvalue weighted by Gasteiger charge is -2.22. The van der Waals surface area contributed by atoms with Gasteiger partial charge in [-0.25, -0.2) is 9.97 Å². The summed E-state index contributed by atoms with van der Waals surface area (Å²) in [6.45, 7) is 4.69. The molecule has 1 heterocycles. The molecule has 9 aromatic carbocycles. The Morgan fingerprint density at radius 3 is 1.75 bits per heavy atom. The third-order valence-corrected chi connectivity index (χ3v) is 12.1. The molecule has 0 bridgehead atoms. The fraction of sp³-hybridized carbons (Fsp3) is 0.0545. The van der Waals surface area contributed by atoms with E-state index in [9.17, 15) is 0 Å². The molecule has 0 saturated carbocycles. The Kier molecular flexibility index (Phi) is 7.55. The highest BCUT2D eigenvalue weighted by atomic mass is 14.9. The predicted octanol–water partition coefficient (Wildman–Crippen LogP) is 14.6. The van der Waals surface area contributed by atoms with Gasteiger partial charge < -0.3 is 0 Å². The van der Waals surface area contributed by atoms with Crippen LogP contribution in [0.4, 0.5) is 0 Å². The van der Waals surface area contributed by atoms with Crippen molar-refractivity contribution in [3.8, 4) is 67.3 Å². The Bertz CT molecular complexity index is 3190. The van der Waals surface area contributed by atoms with Gasteiger partial charge in [0.1, 0.15) is 0 Å². The highest BCUT2D eigenvalue weighted by molar-refractivity contribution is 6.19. The highest BCUT2D eigenvalue weighted by Crippen LogP contribution is 2.50. The van der Waals surface area contributed by atoms with Crippen molar-refractivity contribution in [3.05, 3.63) is 205 Å². The Morgan fingerprint density at radius 1 is 0.333 bits per heavy atom. The van der Waals surface area contributed by atoms with E-state index in [4.69, 9.17) is 9.97 Å². The fourth-order valence-corrected chi connectivity index (χ4v) is 9.20. The molecule has 1 aliphatic carbocycles. The standard InChI is InChI=1S/C55H38N2/c1-55(2)49-23-13-12-21-44(49)45-30-29-40(33-50(45)55)42-19-10-11-22-46(42)52-34-51(38-26-24-36(25-27-38)35-14-4-3-5-15-35)56-54(57-52)53-43-20-9-7-17-39(43)32-48-41-18-8-6-16-37(41)28-31-47(48)53/h3-34H,1-2H3. The van der Waals surface area contributed by atoms with Gasteiger partial charge in [0.05, 0.1) is 11.4 Å². The highest BCUT2D eigenvalue weighted by Gasteiger charge is 2.35. The van der Waals surface area contributed by atoms with Gasteiger partial charge in [0.15, 0.2) is 5.82 Å². The summed E-state index contributed by atoms with van der Waals surface area (Å²) in [5.41, 5.74) is 14.9. The molecule has 0 radical (unpaired) electrons. The summed E-state index contributed by atoms with van der Waals surface area (Å²) >= 11 is 0. The number of fused-ring (bicyclic) bond motifs is 7. The number of benzene rings is 9. The van der Waals surface area contributed by atoms with Crippen LogP contribution in [0.5, 0.6) is 0 Å². The van der Waals surface area contributed by atoms with Gasteiger partial charge in [0.2, 0.25) is 0 Å². The molecule has 2 nitrogen and oxygen atoms in total. The second-order valence-electron chi connectivity index (χ2n) is 15.7. The molecule has 2 heteroatoms. The molecule has 0 aliphatic heterocycles. The van der Waals surface area contributed by atoms with Crippen LogP contribution in [0.3, 0.4) is 0 Å². The molecule has 1 aliphatic rings. The maximum atomic E-state index is 5.55. The summed E-state index contributed by atoms with van der Waals surface area (Å²) in [7, 11) is 0. The number of aromatic nitrogens is 2. The van der Waals surface area contributed by atoms with Crippen molar-refractivity contribution in [1.82, 2.24) is 9.97 Å². The summed E-state index contributed by atoms with van der Waals surface area (Å²) in [4.78, 5) is 11.0. The number of nitrogens with zero attached hydrogens (tertiary/aromatic N) is 2. The number of rotatable bonds is 5. The smallest absolute Gasteiger partial charge is 0.161 e. The molecule has 1 aromatic heterocycles. The van der Waals surface area contributed by atoms with Gasteiger partial charge in [0.25, 0.3) is 0 Å². The van der Waals surface area contributed by atoms with E-state index in [1.165, 1.54) is 60.5 Å². The summed E-state index contributed by atoms with van der Waals surface area (Å²) in [5.74, 6) is 0.715. The Morgan fingerprint density at radius 2 is 0.930 bits per heavy atom. The largest absolute Gasteiger partial charge is 0.228 e. The first-order valence-corrected chi connectivity index (χ1v) is 19.7. The van der Waals surface area contributed by atoms with Crippen molar-refractivity contribution in [3.63, 3.8) is 0 Å². The van der Waals surface area contributed by atoms with Gasteiger partial charge in [-0.1, -0.05) is 190 Å². The van der Waals surface area contributed by atoms with E-state index in [1.807, 2.05) is 0 Å². The summed E-state index contributed by atoms with van der Waals surface area (Å²) in [5, 5.41) is 7.09. The lowest BCUT2D eigenvalue weighted by molar-refractivity contribution is 0.660. The van der Waals surface area contributed by atoms with E-state index in [0.29, 0.717) is 5.82 Å². The van der Waals surface area contributed by atoms with Crippen LogP contribution in [0, 0.1) is 0 Å². The second kappa shape index (κ2) is 13.0. The molecule has 0 N–H and O–H groups in total. The minimum atomic E-state index is -0.0996. The first-order chi connectivity index (χ1) is 28.0. The van der Waals surface area contributed by atoms with Crippen molar-refractivity contribution in [2.24, 2.45) is 0 Å². The normalized spacial score (nSPS) is 12.9. The van der Waals surface area contributed by atoms with Crippen LogP contribution >= 0.6 is 0 Å². The number of hydrogen-bond donors (Lipinski definition) is 0. The first kappa shape index (κ1) is 33.2. The maximum absolute atomic E-state index is 5.55. The SMILES string of the molecule is CC1(C)c2ccccc2-c2ccc(-c3ccccc3-c3cc(-c4ccc(-c5ccccc5)cc4)nc(-c4c5ccccc5cc5c4ccc4ccccc45)n3)cc21. The Labute approximate surface area is 332 Å². The third-order valence-electron chi connectivity index (χ3n) is 12.1. The van der Waals surface area contributed by atoms with Crippen LogP contribution < -0.4 is 0 Å². The topological polar surface area (TPSA) is 25.8 Å². The van der Waals surface area contributed by atoms with E-state index in [1.54, 1.807) is 0 Å². The molecule has 268 valence electrons. The lowest BCUT2D eigenvalue weighted by atomic mass is 9.81. The molecule has 10 aromatic rings. The van der Waals surface area contributed by atoms with Crippen molar-refractivity contribution in [2.75, 3.05) is 0 Å². The van der Waals surface area contributed by atoms with Gasteiger partial charge in [0, 0.05) is 22.1 Å². The Hall–Kier alpha value is -7.16. The predicted molar refractivity (Wildman–Crippen MR) is 239 cm³/mol. The molecular formula is C55H38N2. The van der Waals surface area contributed by atoms with Crippen LogP contribution in [0.15, 0.2) is 194 Å². The van der Waals surface area contributed by atoms with E-state index < -0.39 is 0 Å². The van der Waals surface area contributed by atoms with Gasteiger partial charge in [-0.15, -0.1) is 0 Å². The van der Waals surface area contributed by atoms with Gasteiger partial charge in [-0.2, -0.15) is 0 Å². The van der Waals surface area contributed by atoms with Crippen molar-refractivity contribution >= 4 is 32.3 Å². The van der Waals surface area contributed by atoms with Crippen molar-refractivity contribution in [1.29, 1.82) is 0 Å². The van der Waals surface area contributed by atoms with Crippen LogP contribution in [0.25, 0.3) is 99.6 Å². The van der Waals surface area contributed by atoms with E-state index >= 15 is 0 Å². The zero-order chi connectivity index (χ0) is 38.1. The van der Waals surface area contributed by atoms with E-state index in [-0.39, 0.29) is 5.41 Å². The van der Waals surface area contributed by atoms with Crippen LogP contribution in [0.1, 0.15) is 25.0 Å². The second-order valence-corrected chi connectivity index (χ2v) is 15.7. The molecule has 0 spiro atoms. The minimum absolute atomic E-state index is 0.0996. The molecule has 0 amide bonds. The summed E-state index contributed by atoms with van der Waals surface area (Å²) < 4.78 is 0. The van der Waals surface area contributed by atoms with E-state index in [0.717, 1.165) is 44.4 Å². The summed E-state index contributed by atoms with van der Waals surface area (Å²) in [6, 6.07) is 70.2. The average molecular weight is 727 g/mol. The first-order valence-electron chi connectivity index (χ1n) is 19.7. The number of hydrogen-bond acceptors (Lipinski definition) is 2. The van der Waals surface area contributed by atoms with Crippen molar-refractivity contribution in [2.45, 2.75) is 19.3 Å². The quantitative estimate of drug-likeness (QED) is 0.130. The van der Waals surface area contributed by atoms with Crippen LogP contribution in [0.2, 0.25) is 0 Å². The monoisotopic (exact) mass is 726 g/mol. The molecule has 11 rings (SSSR count). The molecule has 57 heavy (non-hydrogen) atoms. The van der Waals surface area contributed by atoms with Gasteiger partial charge in [-0.3, -0.25) is 0 Å². The minimum Gasteiger partial charge on any atom is -0.228 e. The third kappa shape index (κ3) is 5.40. The average Bonchev–Trinajstić information content (AvgIpc) is 3.51. The molecule has 0 fully saturated rings. The molecular weight excluding hydrogens is 689 g/mol. The zero-order valence-corrected chi connectivity index (χ0v) is 31.9. The van der Waals surface area contributed by atoms with Crippen LogP contribution in [-0.2, 0) is 5.41 Å². The van der Waals surface area contributed by atoms with Crippen molar-refractivity contribution < 1.29 is 0 Å². The van der Waals surface area contributed by atoms with Crippen LogP contribution in [-0.4, -0.2) is 9.97 Å². The molecule has 0 atom stereocenters. The van der Waals surface area contributed by atoms with Gasteiger partial charge >= 0.3 is 0 Å². The summed E-state index contributed by atoms with van der Waals surface area (Å²) in [6.07, 6.45) is 0. The Balaban J connectivity index is 1.15. The molecule has 0 unspecified atom stereocenters. The fourth-order valence-electron chi connectivity index (χ4n) is 9.20. The zero-order valence-electron chi connectivity index (χ0n) is 31.9.